The molecule has 0 radical (unpaired) electrons. The van der Waals surface area contributed by atoms with Gasteiger partial charge in [-0.15, -0.1) is 0 Å². The normalized spacial score (nSPS) is 13.3. The Labute approximate surface area is 274 Å². The van der Waals surface area contributed by atoms with Gasteiger partial charge in [0.25, 0.3) is 11.7 Å². The van der Waals surface area contributed by atoms with Gasteiger partial charge in [-0.2, -0.15) is 13.2 Å². The summed E-state index contributed by atoms with van der Waals surface area (Å²) in [7, 11) is 1.41. The van der Waals surface area contributed by atoms with Crippen LogP contribution in [0.25, 0.3) is 0 Å². The maximum atomic E-state index is 13.8. The van der Waals surface area contributed by atoms with E-state index in [2.05, 4.69) is 16.0 Å². The molecule has 246 valence electrons. The van der Waals surface area contributed by atoms with Crippen LogP contribution in [0.4, 0.5) is 13.2 Å². The first-order valence-corrected chi connectivity index (χ1v) is 14.8. The van der Waals surface area contributed by atoms with Gasteiger partial charge in [0.15, 0.2) is 0 Å². The Morgan fingerprint density at radius 3 is 2.11 bits per heavy atom. The van der Waals surface area contributed by atoms with Crippen LogP contribution in [-0.4, -0.2) is 48.9 Å². The maximum Gasteiger partial charge on any atom is 0.452 e. The van der Waals surface area contributed by atoms with Crippen LogP contribution in [0.15, 0.2) is 66.7 Å². The van der Waals surface area contributed by atoms with Gasteiger partial charge in [-0.05, 0) is 59.0 Å². The molecule has 0 aliphatic carbocycles. The summed E-state index contributed by atoms with van der Waals surface area (Å²) in [6.07, 6.45) is -5.29. The fourth-order valence-electron chi connectivity index (χ4n) is 4.49. The van der Waals surface area contributed by atoms with Crippen LogP contribution < -0.4 is 26.4 Å². The van der Waals surface area contributed by atoms with Crippen LogP contribution in [0, 0.1) is 5.92 Å². The van der Waals surface area contributed by atoms with E-state index in [0.717, 1.165) is 0 Å². The fourth-order valence-corrected chi connectivity index (χ4v) is 4.96. The SMILES string of the molecule is COc1ccc(C(NC(=O)C(Cc2cccc(Cl)c2)NC(=O)c2ccc(CN)c(Cl)c2)C(=O)NC(C(=O)C(F)(F)F)C(C)C)cc1. The molecule has 0 bridgehead atoms. The summed E-state index contributed by atoms with van der Waals surface area (Å²) >= 11 is 12.4. The first kappa shape index (κ1) is 36.3. The number of carbonyl (C=O) groups is 4. The third kappa shape index (κ3) is 9.68. The van der Waals surface area contributed by atoms with Gasteiger partial charge in [0.1, 0.15) is 17.8 Å². The lowest BCUT2D eigenvalue weighted by atomic mass is 9.97. The zero-order chi connectivity index (χ0) is 34.2. The second-order valence-electron chi connectivity index (χ2n) is 10.7. The average Bonchev–Trinajstić information content (AvgIpc) is 3.01. The van der Waals surface area contributed by atoms with Gasteiger partial charge in [-0.3, -0.25) is 19.2 Å². The number of carbonyl (C=O) groups excluding carboxylic acids is 4. The number of nitrogens with one attached hydrogen (secondary N) is 3. The molecule has 0 heterocycles. The molecule has 9 nitrogen and oxygen atoms in total. The van der Waals surface area contributed by atoms with Crippen molar-refractivity contribution >= 4 is 46.7 Å². The highest BCUT2D eigenvalue weighted by atomic mass is 35.5. The standard InChI is InChI=1S/C32H33Cl2F3N4O5/c1-17(2)26(28(42)32(35,36)37)40-31(45)27(19-9-11-23(46-3)12-10-19)41-30(44)25(14-18-5-4-6-22(33)13-18)39-29(43)20-7-8-21(16-38)24(34)15-20/h4-13,15,17,25-27H,14,16,38H2,1-3H3,(H,39,43)(H,40,45)(H,41,44). The summed E-state index contributed by atoms with van der Waals surface area (Å²) in [6.45, 7) is 2.83. The highest BCUT2D eigenvalue weighted by molar-refractivity contribution is 6.31. The lowest BCUT2D eigenvalue weighted by molar-refractivity contribution is -0.175. The molecule has 0 aliphatic rings. The molecule has 0 aliphatic heterocycles. The van der Waals surface area contributed by atoms with Crippen molar-refractivity contribution in [3.63, 3.8) is 0 Å². The molecule has 3 amide bonds. The number of hydrogen-bond donors (Lipinski definition) is 4. The molecule has 14 heteroatoms. The molecule has 5 N–H and O–H groups in total. The van der Waals surface area contributed by atoms with E-state index in [1.54, 1.807) is 30.3 Å². The van der Waals surface area contributed by atoms with Crippen LogP contribution in [0.1, 0.15) is 46.9 Å². The van der Waals surface area contributed by atoms with Gasteiger partial charge < -0.3 is 26.4 Å². The lowest BCUT2D eigenvalue weighted by Gasteiger charge is -2.27. The second-order valence-corrected chi connectivity index (χ2v) is 11.5. The van der Waals surface area contributed by atoms with Gasteiger partial charge in [0, 0.05) is 28.6 Å². The Hall–Kier alpha value is -4.13. The van der Waals surface area contributed by atoms with Crippen LogP contribution in [0.5, 0.6) is 5.75 Å². The number of rotatable bonds is 13. The van der Waals surface area contributed by atoms with Crippen molar-refractivity contribution in [2.45, 2.75) is 51.1 Å². The van der Waals surface area contributed by atoms with E-state index in [0.29, 0.717) is 21.9 Å². The van der Waals surface area contributed by atoms with Crippen LogP contribution in [-0.2, 0) is 27.3 Å². The van der Waals surface area contributed by atoms with Gasteiger partial charge in [0.05, 0.1) is 13.2 Å². The number of amides is 3. The van der Waals surface area contributed by atoms with E-state index in [1.807, 2.05) is 0 Å². The predicted octanol–water partition coefficient (Wildman–Crippen LogP) is 4.93. The number of alkyl halides is 3. The van der Waals surface area contributed by atoms with E-state index in [-0.39, 0.29) is 29.1 Å². The van der Waals surface area contributed by atoms with Crippen LogP contribution >= 0.6 is 23.2 Å². The number of Topliss-reactive ketones (excluding diaryl/α,β-unsaturated/α-hetero) is 1. The zero-order valence-corrected chi connectivity index (χ0v) is 26.6. The van der Waals surface area contributed by atoms with E-state index >= 15 is 0 Å². The first-order chi connectivity index (χ1) is 21.6. The van der Waals surface area contributed by atoms with E-state index in [4.69, 9.17) is 33.7 Å². The fraction of sp³-hybridized carbons (Fsp3) is 0.312. The first-order valence-electron chi connectivity index (χ1n) is 14.0. The van der Waals surface area contributed by atoms with Crippen LogP contribution in [0.3, 0.4) is 0 Å². The van der Waals surface area contributed by atoms with Gasteiger partial charge in [0.2, 0.25) is 11.8 Å². The van der Waals surface area contributed by atoms with Crippen molar-refractivity contribution in [2.75, 3.05) is 7.11 Å². The number of ketones is 1. The third-order valence-electron chi connectivity index (χ3n) is 7.01. The van der Waals surface area contributed by atoms with E-state index in [1.165, 1.54) is 57.4 Å². The van der Waals surface area contributed by atoms with Crippen molar-refractivity contribution in [3.8, 4) is 5.75 Å². The third-order valence-corrected chi connectivity index (χ3v) is 7.60. The number of ether oxygens (including phenoxy) is 1. The number of methoxy groups -OCH3 is 1. The Balaban J connectivity index is 1.98. The van der Waals surface area contributed by atoms with Crippen molar-refractivity contribution in [1.82, 2.24) is 16.0 Å². The topological polar surface area (TPSA) is 140 Å². The molecule has 46 heavy (non-hydrogen) atoms. The number of hydrogen-bond acceptors (Lipinski definition) is 6. The van der Waals surface area contributed by atoms with Crippen molar-refractivity contribution < 1.29 is 37.1 Å². The lowest BCUT2D eigenvalue weighted by Crippen LogP contribution is -2.55. The van der Waals surface area contributed by atoms with Crippen LogP contribution in [0.2, 0.25) is 10.0 Å². The predicted molar refractivity (Wildman–Crippen MR) is 167 cm³/mol. The minimum Gasteiger partial charge on any atom is -0.497 e. The summed E-state index contributed by atoms with van der Waals surface area (Å²) in [5.41, 5.74) is 7.11. The monoisotopic (exact) mass is 680 g/mol. The minimum atomic E-state index is -5.21. The summed E-state index contributed by atoms with van der Waals surface area (Å²) in [4.78, 5) is 52.8. The molecular weight excluding hydrogens is 648 g/mol. The molecule has 3 aromatic carbocycles. The molecule has 3 atom stereocenters. The summed E-state index contributed by atoms with van der Waals surface area (Å²) in [5, 5.41) is 7.95. The number of nitrogens with two attached hydrogens (primary N) is 1. The highest BCUT2D eigenvalue weighted by Crippen LogP contribution is 2.24. The van der Waals surface area contributed by atoms with E-state index < -0.39 is 53.7 Å². The Bertz CT molecular complexity index is 1570. The molecule has 0 spiro atoms. The quantitative estimate of drug-likeness (QED) is 0.202. The van der Waals surface area contributed by atoms with E-state index in [9.17, 15) is 32.3 Å². The Morgan fingerprint density at radius 2 is 1.57 bits per heavy atom. The molecular formula is C32H33Cl2F3N4O5. The Kier molecular flexibility index (Phi) is 12.6. The van der Waals surface area contributed by atoms with Gasteiger partial charge >= 0.3 is 6.18 Å². The highest BCUT2D eigenvalue weighted by Gasteiger charge is 2.45. The van der Waals surface area contributed by atoms with Crippen molar-refractivity contribution in [1.29, 1.82) is 0 Å². The molecule has 0 saturated carbocycles. The number of benzene rings is 3. The average molecular weight is 682 g/mol. The molecule has 3 rings (SSSR count). The maximum absolute atomic E-state index is 13.8. The smallest absolute Gasteiger partial charge is 0.452 e. The molecule has 0 fully saturated rings. The molecule has 0 aromatic heterocycles. The Morgan fingerprint density at radius 1 is 0.891 bits per heavy atom. The molecule has 3 unspecified atom stereocenters. The van der Waals surface area contributed by atoms with Crippen molar-refractivity contribution in [3.05, 3.63) is 99.0 Å². The van der Waals surface area contributed by atoms with Crippen molar-refractivity contribution in [2.24, 2.45) is 11.7 Å². The number of halogens is 5. The summed E-state index contributed by atoms with van der Waals surface area (Å²) in [6, 6.07) is 12.0. The zero-order valence-electron chi connectivity index (χ0n) is 25.1. The second kappa shape index (κ2) is 15.9. The molecule has 3 aromatic rings. The molecule has 0 saturated heterocycles. The van der Waals surface area contributed by atoms with Gasteiger partial charge in [-0.25, -0.2) is 0 Å². The minimum absolute atomic E-state index is 0.0785. The summed E-state index contributed by atoms with van der Waals surface area (Å²) < 4.78 is 45.2. The van der Waals surface area contributed by atoms with Gasteiger partial charge in [-0.1, -0.05) is 67.4 Å². The summed E-state index contributed by atoms with van der Waals surface area (Å²) in [5.74, 6) is -5.26. The largest absolute Gasteiger partial charge is 0.497 e.